The van der Waals surface area contributed by atoms with Gasteiger partial charge in [0.05, 0.1) is 19.5 Å². The molecule has 294 valence electrons. The number of nitrogens with one attached hydrogen (secondary N) is 2. The highest BCUT2D eigenvalue weighted by Gasteiger charge is 2.57. The molecule has 10 N–H and O–H groups in total. The molecule has 0 aliphatic carbocycles. The van der Waals surface area contributed by atoms with Crippen molar-refractivity contribution in [2.24, 2.45) is 5.41 Å². The van der Waals surface area contributed by atoms with Crippen molar-refractivity contribution < 1.29 is 80.5 Å². The summed E-state index contributed by atoms with van der Waals surface area (Å²) in [6.45, 7) is 3.12. The van der Waals surface area contributed by atoms with Crippen LogP contribution in [0.1, 0.15) is 34.1 Å². The highest BCUT2D eigenvalue weighted by Crippen LogP contribution is 2.61. The molecule has 3 rings (SSSR count). The quantitative estimate of drug-likeness (QED) is 0.0597. The summed E-state index contributed by atoms with van der Waals surface area (Å²) in [5.41, 5.74) is 2.31. The zero-order chi connectivity index (χ0) is 39.3. The number of amides is 2. The first-order chi connectivity index (χ1) is 23.9. The maximum Gasteiger partial charge on any atom is 0.481 e. The van der Waals surface area contributed by atoms with Crippen LogP contribution in [-0.2, 0) is 56.4 Å². The Kier molecular flexibility index (Phi) is 14.7. The number of hydrogen-bond acceptors (Lipinski definition) is 18. The normalized spacial score (nSPS) is 23.8. The Bertz CT molecular complexity index is 1760. The largest absolute Gasteiger partial charge is 0.481 e. The lowest BCUT2D eigenvalue weighted by Crippen LogP contribution is -2.46. The Hall–Kier alpha value is -2.44. The summed E-state index contributed by atoms with van der Waals surface area (Å²) in [6, 6.07) is 0. The fourth-order valence-corrected chi connectivity index (χ4v) is 7.95. The van der Waals surface area contributed by atoms with E-state index in [-0.39, 0.29) is 41.6 Å². The fraction of sp³-hybridized carbons (Fsp3) is 0.667. The van der Waals surface area contributed by atoms with Crippen molar-refractivity contribution in [1.82, 2.24) is 30.2 Å². The second kappa shape index (κ2) is 17.4. The number of phosphoric ester groups is 3. The van der Waals surface area contributed by atoms with E-state index in [1.54, 1.807) is 0 Å². The van der Waals surface area contributed by atoms with E-state index in [9.17, 15) is 57.9 Å². The molecular formula is C24H40N7O17P3S. The topological polar surface area (TPSA) is 364 Å². The Morgan fingerprint density at radius 3 is 2.38 bits per heavy atom. The SMILES string of the molecule is CC(=O)SCCNC(=O)CCNC(=O)C(O)C(C)(C)COP(=O)(O)OP(=O)(O)OCC1OC(C)(n2cnc3c(N)ncnc32)C(O)C1OP(=O)(O)O. The Balaban J connectivity index is 1.59. The van der Waals surface area contributed by atoms with Gasteiger partial charge in [0.1, 0.15) is 36.3 Å². The van der Waals surface area contributed by atoms with Crippen LogP contribution in [0.2, 0.25) is 0 Å². The van der Waals surface area contributed by atoms with E-state index in [2.05, 4.69) is 29.9 Å². The highest BCUT2D eigenvalue weighted by molar-refractivity contribution is 8.13. The van der Waals surface area contributed by atoms with Crippen molar-refractivity contribution in [2.45, 2.75) is 64.3 Å². The first kappa shape index (κ1) is 44.0. The molecule has 7 unspecified atom stereocenters. The number of nitrogen functional groups attached to an aromatic ring is 1. The average molecular weight is 824 g/mol. The first-order valence-corrected chi connectivity index (χ1v) is 20.4. The summed E-state index contributed by atoms with van der Waals surface area (Å²) in [5.74, 6) is -1.09. The third-order valence-electron chi connectivity index (χ3n) is 7.29. The molecule has 2 amide bonds. The van der Waals surface area contributed by atoms with Crippen molar-refractivity contribution in [3.63, 3.8) is 0 Å². The van der Waals surface area contributed by atoms with Gasteiger partial charge in [0.2, 0.25) is 11.8 Å². The number of aliphatic hydroxyl groups excluding tert-OH is 2. The predicted octanol–water partition coefficient (Wildman–Crippen LogP) is -1.14. The van der Waals surface area contributed by atoms with Gasteiger partial charge in [-0.2, -0.15) is 4.31 Å². The minimum Gasteiger partial charge on any atom is -0.385 e. The van der Waals surface area contributed by atoms with Crippen LogP contribution < -0.4 is 16.4 Å². The lowest BCUT2D eigenvalue weighted by Gasteiger charge is -2.30. The van der Waals surface area contributed by atoms with E-state index in [4.69, 9.17) is 24.0 Å². The minimum atomic E-state index is -5.58. The summed E-state index contributed by atoms with van der Waals surface area (Å²) in [7, 11) is -16.4. The number of nitrogens with two attached hydrogens (primary N) is 1. The number of nitrogens with zero attached hydrogens (tertiary/aromatic N) is 4. The van der Waals surface area contributed by atoms with Crippen LogP contribution in [0.3, 0.4) is 0 Å². The van der Waals surface area contributed by atoms with Crippen LogP contribution in [0.5, 0.6) is 0 Å². The second-order valence-electron chi connectivity index (χ2n) is 12.0. The zero-order valence-electron chi connectivity index (χ0n) is 28.0. The average Bonchev–Trinajstić information content (AvgIpc) is 3.56. The number of aliphatic hydroxyl groups is 2. The number of anilines is 1. The van der Waals surface area contributed by atoms with Gasteiger partial charge in [0.15, 0.2) is 22.3 Å². The zero-order valence-corrected chi connectivity index (χ0v) is 31.5. The van der Waals surface area contributed by atoms with Gasteiger partial charge in [-0.1, -0.05) is 25.6 Å². The molecule has 1 aliphatic rings. The molecule has 0 aromatic carbocycles. The van der Waals surface area contributed by atoms with Crippen LogP contribution in [0.15, 0.2) is 12.7 Å². The summed E-state index contributed by atoms with van der Waals surface area (Å²) in [5, 5.41) is 26.3. The third-order valence-corrected chi connectivity index (χ3v) is 11.2. The molecule has 1 fully saturated rings. The predicted molar refractivity (Wildman–Crippen MR) is 177 cm³/mol. The van der Waals surface area contributed by atoms with E-state index < -0.39 is 84.1 Å². The molecule has 3 heterocycles. The Labute approximate surface area is 299 Å². The summed E-state index contributed by atoms with van der Waals surface area (Å²) in [4.78, 5) is 86.4. The number of ether oxygens (including phenoxy) is 1. The third kappa shape index (κ3) is 12.0. The number of thioether (sulfide) groups is 1. The number of carbonyl (C=O) groups is 3. The first-order valence-electron chi connectivity index (χ1n) is 14.9. The van der Waals surface area contributed by atoms with Gasteiger partial charge in [0.25, 0.3) is 0 Å². The summed E-state index contributed by atoms with van der Waals surface area (Å²) >= 11 is 1.02. The van der Waals surface area contributed by atoms with Crippen LogP contribution in [-0.4, -0.2) is 123 Å². The van der Waals surface area contributed by atoms with E-state index in [0.29, 0.717) is 5.75 Å². The van der Waals surface area contributed by atoms with Gasteiger partial charge < -0.3 is 50.9 Å². The van der Waals surface area contributed by atoms with Crippen molar-refractivity contribution in [3.05, 3.63) is 12.7 Å². The van der Waals surface area contributed by atoms with E-state index in [0.717, 1.165) is 29.0 Å². The molecule has 1 aliphatic heterocycles. The highest BCUT2D eigenvalue weighted by atomic mass is 32.2. The minimum absolute atomic E-state index is 0.0194. The molecule has 0 spiro atoms. The number of fused-ring (bicyclic) bond motifs is 1. The van der Waals surface area contributed by atoms with Gasteiger partial charge in [-0.3, -0.25) is 32.5 Å². The number of imidazole rings is 1. The molecule has 2 aromatic heterocycles. The van der Waals surface area contributed by atoms with Crippen molar-refractivity contribution >= 4 is 69.1 Å². The molecule has 0 radical (unpaired) electrons. The maximum absolute atomic E-state index is 12.7. The lowest BCUT2D eigenvalue weighted by atomic mass is 9.87. The van der Waals surface area contributed by atoms with Gasteiger partial charge >= 0.3 is 23.5 Å². The van der Waals surface area contributed by atoms with Crippen molar-refractivity contribution in [3.8, 4) is 0 Å². The van der Waals surface area contributed by atoms with Gasteiger partial charge in [0, 0.05) is 37.6 Å². The molecule has 28 heteroatoms. The molecule has 24 nitrogen and oxygen atoms in total. The van der Waals surface area contributed by atoms with E-state index in [1.165, 1.54) is 27.7 Å². The van der Waals surface area contributed by atoms with E-state index in [1.807, 2.05) is 0 Å². The van der Waals surface area contributed by atoms with Gasteiger partial charge in [-0.15, -0.1) is 0 Å². The molecular weight excluding hydrogens is 783 g/mol. The van der Waals surface area contributed by atoms with Gasteiger partial charge in [-0.05, 0) is 6.92 Å². The van der Waals surface area contributed by atoms with Crippen LogP contribution in [0.4, 0.5) is 5.82 Å². The number of carbonyl (C=O) groups excluding carboxylic acids is 3. The summed E-state index contributed by atoms with van der Waals surface area (Å²) in [6.07, 6.45) is -5.47. The second-order valence-corrected chi connectivity index (χ2v) is 17.5. The lowest BCUT2D eigenvalue weighted by molar-refractivity contribution is -0.137. The molecule has 0 bridgehead atoms. The smallest absolute Gasteiger partial charge is 0.385 e. The standard InChI is InChI=1S/C24H40N7O17P3S/c1-13(32)52-8-7-26-15(33)5-6-27-22(36)19(35)23(2,3)10-45-51(42,43)48-50(40,41)44-9-14-17(47-49(37,38)39)18(34)24(4,46-14)31-12-30-16-20(25)28-11-29-21(16)31/h11-12,14,17-19,34-35H,5-10H2,1-4H3,(H,26,33)(H,27,36)(H,40,41)(H,42,43)(H2,25,28,29)(H2,37,38,39). The van der Waals surface area contributed by atoms with Crippen molar-refractivity contribution in [2.75, 3.05) is 37.8 Å². The number of phosphoric acid groups is 3. The van der Waals surface area contributed by atoms with Crippen molar-refractivity contribution in [1.29, 1.82) is 0 Å². The van der Waals surface area contributed by atoms with Gasteiger partial charge in [-0.25, -0.2) is 28.6 Å². The number of aromatic nitrogens is 4. The summed E-state index contributed by atoms with van der Waals surface area (Å²) < 4.78 is 62.4. The molecule has 52 heavy (non-hydrogen) atoms. The maximum atomic E-state index is 12.7. The monoisotopic (exact) mass is 823 g/mol. The Morgan fingerprint density at radius 2 is 1.75 bits per heavy atom. The molecule has 0 saturated carbocycles. The fourth-order valence-electron chi connectivity index (χ4n) is 4.64. The van der Waals surface area contributed by atoms with E-state index >= 15 is 0 Å². The number of rotatable bonds is 19. The Morgan fingerprint density at radius 1 is 1.10 bits per heavy atom. The molecule has 1 saturated heterocycles. The van der Waals surface area contributed by atoms with Crippen LogP contribution in [0, 0.1) is 5.41 Å². The molecule has 2 aromatic rings. The van der Waals surface area contributed by atoms with Crippen LogP contribution in [0.25, 0.3) is 11.2 Å². The van der Waals surface area contributed by atoms with Crippen LogP contribution >= 0.6 is 35.2 Å². The number of hydrogen-bond donors (Lipinski definition) is 9. The molecule has 7 atom stereocenters.